The average molecular weight is 392 g/mol. The average Bonchev–Trinajstić information content (AvgIpc) is 3.24. The molecule has 6 rings (SSSR count). The molecule has 0 spiro atoms. The standard InChI is InChI=1S/C26H22N3O/c1-15-13-14-19-23-18-10-6-5-9-17(18)16(2)27-25(23)30-24(19)22(15)26-28(3)20-11-7-8-12-21(20)29(26)4/h5-14H,1-4H3/q+1. The van der Waals surface area contributed by atoms with Crippen LogP contribution in [0.5, 0.6) is 0 Å². The number of rotatable bonds is 1. The van der Waals surface area contributed by atoms with Gasteiger partial charge in [-0.2, -0.15) is 0 Å². The summed E-state index contributed by atoms with van der Waals surface area (Å²) >= 11 is 0. The van der Waals surface area contributed by atoms with Crippen LogP contribution in [0.4, 0.5) is 0 Å². The van der Waals surface area contributed by atoms with E-state index in [0.29, 0.717) is 5.71 Å². The number of hydrogen-bond donors (Lipinski definition) is 0. The molecule has 30 heavy (non-hydrogen) atoms. The quantitative estimate of drug-likeness (QED) is 0.335. The first-order chi connectivity index (χ1) is 14.6. The van der Waals surface area contributed by atoms with Gasteiger partial charge in [-0.15, -0.1) is 0 Å². The molecule has 4 nitrogen and oxygen atoms in total. The summed E-state index contributed by atoms with van der Waals surface area (Å²) < 4.78 is 11.0. The molecule has 0 saturated heterocycles. The third-order valence-electron chi connectivity index (χ3n) is 6.37. The van der Waals surface area contributed by atoms with Gasteiger partial charge in [-0.1, -0.05) is 48.5 Å². The molecule has 3 heterocycles. The van der Waals surface area contributed by atoms with Crippen LogP contribution >= 0.6 is 0 Å². The first kappa shape index (κ1) is 17.2. The van der Waals surface area contributed by atoms with Crippen LogP contribution in [0.25, 0.3) is 55.3 Å². The molecule has 3 aromatic carbocycles. The van der Waals surface area contributed by atoms with Gasteiger partial charge >= 0.3 is 0 Å². The molecule has 0 aliphatic carbocycles. The van der Waals surface area contributed by atoms with Gasteiger partial charge in [0.1, 0.15) is 5.56 Å². The molecule has 0 fully saturated rings. The molecule has 0 amide bonds. The van der Waals surface area contributed by atoms with E-state index in [0.717, 1.165) is 33.4 Å². The van der Waals surface area contributed by atoms with Crippen molar-refractivity contribution in [1.29, 1.82) is 0 Å². The molecule has 0 radical (unpaired) electrons. The molecule has 6 aromatic rings. The van der Waals surface area contributed by atoms with Crippen molar-refractivity contribution < 1.29 is 8.98 Å². The summed E-state index contributed by atoms with van der Waals surface area (Å²) in [6.45, 7) is 4.20. The summed E-state index contributed by atoms with van der Waals surface area (Å²) in [5.74, 6) is 1.12. The lowest BCUT2D eigenvalue weighted by Crippen LogP contribution is -2.30. The Hall–Kier alpha value is -3.66. The van der Waals surface area contributed by atoms with Gasteiger partial charge < -0.3 is 4.42 Å². The highest BCUT2D eigenvalue weighted by Gasteiger charge is 2.27. The summed E-state index contributed by atoms with van der Waals surface area (Å²) in [5, 5.41) is 4.56. The fourth-order valence-corrected chi connectivity index (χ4v) is 4.91. The number of imidazole rings is 1. The lowest BCUT2D eigenvalue weighted by atomic mass is 10.0. The Morgan fingerprint density at radius 2 is 1.60 bits per heavy atom. The summed E-state index contributed by atoms with van der Waals surface area (Å²) in [5.41, 5.74) is 7.29. The second-order valence-electron chi connectivity index (χ2n) is 8.09. The molecule has 0 aliphatic rings. The van der Waals surface area contributed by atoms with Crippen LogP contribution in [-0.4, -0.2) is 9.55 Å². The van der Waals surface area contributed by atoms with E-state index in [1.165, 1.54) is 27.4 Å². The number of aromatic nitrogens is 3. The van der Waals surface area contributed by atoms with E-state index in [2.05, 4.69) is 90.8 Å². The first-order valence-electron chi connectivity index (χ1n) is 10.2. The van der Waals surface area contributed by atoms with Crippen LogP contribution in [0.2, 0.25) is 0 Å². The molecule has 4 heteroatoms. The number of para-hydroxylation sites is 2. The number of benzene rings is 3. The van der Waals surface area contributed by atoms with Gasteiger partial charge in [-0.3, -0.25) is 0 Å². The van der Waals surface area contributed by atoms with E-state index in [9.17, 15) is 0 Å². The zero-order valence-electron chi connectivity index (χ0n) is 17.5. The third-order valence-corrected chi connectivity index (χ3v) is 6.37. The van der Waals surface area contributed by atoms with Crippen molar-refractivity contribution in [2.75, 3.05) is 0 Å². The molecule has 0 aliphatic heterocycles. The van der Waals surface area contributed by atoms with Crippen molar-refractivity contribution in [3.63, 3.8) is 0 Å². The number of fused-ring (bicyclic) bond motifs is 6. The highest BCUT2D eigenvalue weighted by molar-refractivity contribution is 6.20. The van der Waals surface area contributed by atoms with Gasteiger partial charge in [0.2, 0.25) is 5.71 Å². The van der Waals surface area contributed by atoms with E-state index in [4.69, 9.17) is 9.40 Å². The maximum atomic E-state index is 6.48. The summed E-state index contributed by atoms with van der Waals surface area (Å²) in [6, 6.07) is 21.3. The van der Waals surface area contributed by atoms with Gasteiger partial charge in [0.25, 0.3) is 5.82 Å². The molecular formula is C26H22N3O+. The Balaban J connectivity index is 1.82. The topological polar surface area (TPSA) is 34.8 Å². The first-order valence-corrected chi connectivity index (χ1v) is 10.2. The highest BCUT2D eigenvalue weighted by Crippen LogP contribution is 2.40. The van der Waals surface area contributed by atoms with Crippen molar-refractivity contribution in [3.8, 4) is 11.4 Å². The lowest BCUT2D eigenvalue weighted by molar-refractivity contribution is -0.634. The minimum absolute atomic E-state index is 0.703. The summed E-state index contributed by atoms with van der Waals surface area (Å²) in [6.07, 6.45) is 0. The van der Waals surface area contributed by atoms with Crippen LogP contribution in [0.3, 0.4) is 0 Å². The SMILES string of the molecule is Cc1ccc2c(oc3nc(C)c4ccccc4c32)c1-c1n(C)c2ccccc2[n+]1C. The predicted octanol–water partition coefficient (Wildman–Crippen LogP) is 5.73. The zero-order chi connectivity index (χ0) is 20.6. The molecule has 146 valence electrons. The number of furan rings is 1. The number of hydrogen-bond acceptors (Lipinski definition) is 2. The maximum Gasteiger partial charge on any atom is 0.293 e. The van der Waals surface area contributed by atoms with Gasteiger partial charge in [-0.05, 0) is 36.9 Å². The van der Waals surface area contributed by atoms with Gasteiger partial charge in [0.15, 0.2) is 16.6 Å². The van der Waals surface area contributed by atoms with Gasteiger partial charge in [-0.25, -0.2) is 14.1 Å². The van der Waals surface area contributed by atoms with Crippen LogP contribution in [0.15, 0.2) is 65.1 Å². The van der Waals surface area contributed by atoms with Crippen LogP contribution < -0.4 is 4.57 Å². The van der Waals surface area contributed by atoms with Crippen LogP contribution in [-0.2, 0) is 14.1 Å². The number of aryl methyl sites for hydroxylation is 4. The van der Waals surface area contributed by atoms with Crippen molar-refractivity contribution in [3.05, 3.63) is 71.9 Å². The minimum Gasteiger partial charge on any atom is -0.437 e. The van der Waals surface area contributed by atoms with E-state index < -0.39 is 0 Å². The van der Waals surface area contributed by atoms with Crippen LogP contribution in [0.1, 0.15) is 11.3 Å². The lowest BCUT2D eigenvalue weighted by Gasteiger charge is -2.05. The van der Waals surface area contributed by atoms with E-state index in [-0.39, 0.29) is 0 Å². The molecule has 0 atom stereocenters. The Morgan fingerprint density at radius 3 is 2.40 bits per heavy atom. The molecule has 0 bridgehead atoms. The van der Waals surface area contributed by atoms with E-state index in [1.807, 2.05) is 6.92 Å². The smallest absolute Gasteiger partial charge is 0.293 e. The molecular weight excluding hydrogens is 370 g/mol. The van der Waals surface area contributed by atoms with Crippen LogP contribution in [0, 0.1) is 13.8 Å². The molecule has 3 aromatic heterocycles. The minimum atomic E-state index is 0.703. The van der Waals surface area contributed by atoms with Crippen molar-refractivity contribution in [2.24, 2.45) is 14.1 Å². The Bertz CT molecular complexity index is 1600. The van der Waals surface area contributed by atoms with Gasteiger partial charge in [0, 0.05) is 16.5 Å². The van der Waals surface area contributed by atoms with Crippen molar-refractivity contribution in [2.45, 2.75) is 13.8 Å². The van der Waals surface area contributed by atoms with Crippen molar-refractivity contribution >= 4 is 43.9 Å². The monoisotopic (exact) mass is 392 g/mol. The third kappa shape index (κ3) is 2.11. The Labute approximate surface area is 174 Å². The Morgan fingerprint density at radius 1 is 0.867 bits per heavy atom. The normalized spacial score (nSPS) is 12.0. The van der Waals surface area contributed by atoms with E-state index in [1.54, 1.807) is 0 Å². The highest BCUT2D eigenvalue weighted by atomic mass is 16.3. The summed E-state index contributed by atoms with van der Waals surface area (Å²) in [4.78, 5) is 4.81. The summed E-state index contributed by atoms with van der Waals surface area (Å²) in [7, 11) is 4.24. The predicted molar refractivity (Wildman–Crippen MR) is 122 cm³/mol. The molecule has 0 unspecified atom stereocenters. The molecule has 0 N–H and O–H groups in total. The Kier molecular flexibility index (Phi) is 3.40. The fraction of sp³-hybridized carbons (Fsp3) is 0.154. The number of pyridine rings is 1. The van der Waals surface area contributed by atoms with E-state index >= 15 is 0 Å². The second-order valence-corrected chi connectivity index (χ2v) is 8.09. The largest absolute Gasteiger partial charge is 0.437 e. The fourth-order valence-electron chi connectivity index (χ4n) is 4.91. The maximum absolute atomic E-state index is 6.48. The second kappa shape index (κ2) is 5.92. The molecule has 0 saturated carbocycles. The zero-order valence-corrected chi connectivity index (χ0v) is 17.5. The number of nitrogens with zero attached hydrogens (tertiary/aromatic N) is 3. The van der Waals surface area contributed by atoms with Gasteiger partial charge in [0.05, 0.1) is 19.5 Å². The van der Waals surface area contributed by atoms with Crippen molar-refractivity contribution in [1.82, 2.24) is 9.55 Å².